The minimum Gasteiger partial charge on any atom is -0.507 e. The number of para-hydroxylation sites is 1. The molecule has 0 spiro atoms. The second-order valence-electron chi connectivity index (χ2n) is 13.1. The Morgan fingerprint density at radius 2 is 0.921 bits per heavy atom. The Morgan fingerprint density at radius 1 is 0.571 bits per heavy atom. The van der Waals surface area contributed by atoms with Crippen molar-refractivity contribution in [2.75, 3.05) is 0 Å². The molecule has 0 aliphatic carbocycles. The summed E-state index contributed by atoms with van der Waals surface area (Å²) < 4.78 is 0. The van der Waals surface area contributed by atoms with Crippen LogP contribution in [-0.4, -0.2) is 149 Å². The highest BCUT2D eigenvalue weighted by Gasteiger charge is 2.40. The quantitative estimate of drug-likeness (QED) is 0.0494. The molecule has 1 aromatic carbocycles. The molecular weight excluding hydrogens is 848 g/mol. The van der Waals surface area contributed by atoms with Crippen molar-refractivity contribution in [3.05, 3.63) is 42.0 Å². The fourth-order valence-corrected chi connectivity index (χ4v) is 3.99. The van der Waals surface area contributed by atoms with Crippen LogP contribution >= 0.6 is 0 Å². The van der Waals surface area contributed by atoms with Gasteiger partial charge in [-0.05, 0) is 51.2 Å². The van der Waals surface area contributed by atoms with E-state index in [1.807, 2.05) is 0 Å². The van der Waals surface area contributed by atoms with E-state index < -0.39 is 90.5 Å². The summed E-state index contributed by atoms with van der Waals surface area (Å²) in [5.74, 6) is -12.6. The third-order valence-electron chi connectivity index (χ3n) is 7.23. The maximum atomic E-state index is 10.3. The molecule has 1 aromatic rings. The molecule has 23 heteroatoms. The standard InChI is InChI=1S/C18H34O2.C7H6O3.C6H8O7.C4H6O6.C3H6O3.C2H4O2/c1-2-3-4-5-6-7-8-9-10-11-12-13-14-15-16-17-18(19)20;8-6-4-2-1-3-5(6)7(9)10;7-3(8)1-6(13,5(11)12)2-4(9)10;5-1(3(7)8)2(6)4(9)10;1-2(4)3(5)6;1-2(3)4/h9-10H,2-8,11-17H2,1H3,(H,19,20);1-4,8H,(H,9,10);13H,1-2H2,(H,7,8)(H,9,10)(H,11,12);1-2,5-6H,(H,7,8)(H,9,10);2,4H,1H3,(H,5,6);1H3,(H,3,4)/b10-9-;;;;;. The van der Waals surface area contributed by atoms with Gasteiger partial charge in [-0.15, -0.1) is 0 Å². The molecule has 3 atom stereocenters. The lowest BCUT2D eigenvalue weighted by atomic mass is 9.96. The summed E-state index contributed by atoms with van der Waals surface area (Å²) in [6, 6.07) is 5.81. The number of benzene rings is 1. The summed E-state index contributed by atoms with van der Waals surface area (Å²) in [6.45, 7) is 4.54. The molecule has 0 aromatic heterocycles. The number of aromatic hydroxyl groups is 1. The number of aliphatic hydroxyl groups excluding tert-OH is 3. The van der Waals surface area contributed by atoms with Gasteiger partial charge in [0.05, 0.1) is 12.8 Å². The first-order chi connectivity index (χ1) is 29.1. The fraction of sp³-hybridized carbons (Fsp3) is 0.575. The molecule has 0 aliphatic heterocycles. The van der Waals surface area contributed by atoms with Gasteiger partial charge in [-0.1, -0.05) is 82.6 Å². The Bertz CT molecular complexity index is 1480. The highest BCUT2D eigenvalue weighted by molar-refractivity contribution is 5.90. The molecule has 63 heavy (non-hydrogen) atoms. The van der Waals surface area contributed by atoms with E-state index in [0.717, 1.165) is 19.8 Å². The smallest absolute Gasteiger partial charge is 0.339 e. The van der Waals surface area contributed by atoms with Crippen molar-refractivity contribution in [3.8, 4) is 5.75 Å². The van der Waals surface area contributed by atoms with Crippen LogP contribution in [0, 0.1) is 0 Å². The number of aromatic carboxylic acids is 1. The molecule has 0 saturated heterocycles. The number of hydrogen-bond acceptors (Lipinski definition) is 14. The summed E-state index contributed by atoms with van der Waals surface area (Å²) >= 11 is 0. The van der Waals surface area contributed by atoms with E-state index >= 15 is 0 Å². The minimum atomic E-state index is -2.74. The fourth-order valence-electron chi connectivity index (χ4n) is 3.99. The number of hydrogen-bond donors (Lipinski definition) is 14. The largest absolute Gasteiger partial charge is 0.507 e. The summed E-state index contributed by atoms with van der Waals surface area (Å²) in [5.41, 5.74) is -2.81. The molecule has 0 bridgehead atoms. The highest BCUT2D eigenvalue weighted by Crippen LogP contribution is 2.16. The number of allylic oxidation sites excluding steroid dienone is 2. The van der Waals surface area contributed by atoms with E-state index in [4.69, 9.17) is 76.3 Å². The number of aliphatic hydroxyl groups is 4. The minimum absolute atomic E-state index is 0.0671. The van der Waals surface area contributed by atoms with E-state index in [-0.39, 0.29) is 11.3 Å². The van der Waals surface area contributed by atoms with Gasteiger partial charge in [0.25, 0.3) is 5.97 Å². The van der Waals surface area contributed by atoms with Crippen LogP contribution in [0.15, 0.2) is 36.4 Å². The molecule has 0 aliphatic rings. The van der Waals surface area contributed by atoms with E-state index in [1.54, 1.807) is 12.1 Å². The Labute approximate surface area is 363 Å². The number of carboxylic acids is 9. The van der Waals surface area contributed by atoms with Crippen molar-refractivity contribution >= 4 is 53.7 Å². The molecule has 0 fully saturated rings. The van der Waals surface area contributed by atoms with Crippen LogP contribution in [0.25, 0.3) is 0 Å². The van der Waals surface area contributed by atoms with Gasteiger partial charge in [-0.3, -0.25) is 19.2 Å². The summed E-state index contributed by atoms with van der Waals surface area (Å²) in [7, 11) is 0. The number of aliphatic carboxylic acids is 8. The van der Waals surface area contributed by atoms with Crippen molar-refractivity contribution in [3.63, 3.8) is 0 Å². The average molecular weight is 913 g/mol. The molecule has 0 saturated carbocycles. The summed E-state index contributed by atoms with van der Waals surface area (Å²) in [5, 5.41) is 115. The summed E-state index contributed by atoms with van der Waals surface area (Å²) in [4.78, 5) is 89.1. The molecule has 0 radical (unpaired) electrons. The maximum Gasteiger partial charge on any atom is 0.339 e. The molecule has 362 valence electrons. The van der Waals surface area contributed by atoms with E-state index in [1.165, 1.54) is 89.7 Å². The Balaban J connectivity index is -0.000000228. The molecule has 3 unspecified atom stereocenters. The van der Waals surface area contributed by atoms with Crippen LogP contribution in [0.4, 0.5) is 0 Å². The van der Waals surface area contributed by atoms with Crippen LogP contribution < -0.4 is 0 Å². The third kappa shape index (κ3) is 48.4. The van der Waals surface area contributed by atoms with Crippen LogP contribution in [0.1, 0.15) is 134 Å². The van der Waals surface area contributed by atoms with Crippen molar-refractivity contribution in [2.45, 2.75) is 147 Å². The predicted molar refractivity (Wildman–Crippen MR) is 219 cm³/mol. The van der Waals surface area contributed by atoms with Gasteiger partial charge in [-0.2, -0.15) is 0 Å². The SMILES string of the molecule is CC(=O)O.CC(O)C(=O)O.CCCCCCCC/C=C\CCCCCCCC(=O)O.O=C(O)C(O)C(O)C(=O)O.O=C(O)CC(O)(CC(=O)O)C(=O)O.O=C(O)c1ccccc1O. The van der Waals surface area contributed by atoms with Gasteiger partial charge in [-0.25, -0.2) is 24.0 Å². The van der Waals surface area contributed by atoms with Gasteiger partial charge < -0.3 is 71.5 Å². The van der Waals surface area contributed by atoms with Gasteiger partial charge in [0.15, 0.2) is 17.8 Å². The first-order valence-corrected chi connectivity index (χ1v) is 19.3. The van der Waals surface area contributed by atoms with Crippen LogP contribution in [0.3, 0.4) is 0 Å². The van der Waals surface area contributed by atoms with E-state index in [2.05, 4.69) is 19.1 Å². The molecule has 0 heterocycles. The average Bonchev–Trinajstić information content (AvgIpc) is 3.15. The number of phenols is 1. The van der Waals surface area contributed by atoms with E-state index in [0.29, 0.717) is 6.42 Å². The number of carboxylic acid groups (broad SMARTS) is 9. The Morgan fingerprint density at radius 3 is 1.19 bits per heavy atom. The second kappa shape index (κ2) is 41.2. The number of carbonyl (C=O) groups is 9. The number of rotatable bonds is 25. The first-order valence-electron chi connectivity index (χ1n) is 19.3. The van der Waals surface area contributed by atoms with Crippen molar-refractivity contribution in [1.82, 2.24) is 0 Å². The summed E-state index contributed by atoms with van der Waals surface area (Å²) in [6.07, 6.45) is 13.2. The maximum absolute atomic E-state index is 10.3. The van der Waals surface area contributed by atoms with Gasteiger partial charge in [0, 0.05) is 13.3 Å². The van der Waals surface area contributed by atoms with Gasteiger partial charge >= 0.3 is 47.8 Å². The molecule has 1 rings (SSSR count). The Kier molecular flexibility index (Phi) is 43.1. The Hall–Kier alpha value is -6.17. The third-order valence-corrected chi connectivity index (χ3v) is 7.23. The van der Waals surface area contributed by atoms with Crippen LogP contribution in [0.2, 0.25) is 0 Å². The zero-order valence-electron chi connectivity index (χ0n) is 35.4. The van der Waals surface area contributed by atoms with Crippen molar-refractivity contribution in [2.24, 2.45) is 0 Å². The van der Waals surface area contributed by atoms with Crippen LogP contribution in [0.5, 0.6) is 5.75 Å². The van der Waals surface area contributed by atoms with Crippen LogP contribution in [-0.2, 0) is 38.4 Å². The van der Waals surface area contributed by atoms with Gasteiger partial charge in [0.1, 0.15) is 17.4 Å². The normalized spacial score (nSPS) is 11.5. The number of unbranched alkanes of at least 4 members (excludes halogenated alkanes) is 11. The lowest BCUT2D eigenvalue weighted by Gasteiger charge is -2.18. The predicted octanol–water partition coefficient (Wildman–Crippen LogP) is 3.37. The topological polar surface area (TPSA) is 437 Å². The highest BCUT2D eigenvalue weighted by atomic mass is 16.4. The zero-order valence-corrected chi connectivity index (χ0v) is 35.4. The lowest BCUT2D eigenvalue weighted by molar-refractivity contribution is -0.170. The first kappa shape index (κ1) is 65.9. The van der Waals surface area contributed by atoms with Crippen molar-refractivity contribution < 1.29 is 115 Å². The van der Waals surface area contributed by atoms with Gasteiger partial charge in [0.2, 0.25) is 0 Å². The molecule has 14 N–H and O–H groups in total. The zero-order chi connectivity index (χ0) is 50.1. The lowest BCUT2D eigenvalue weighted by Crippen LogP contribution is -2.42. The van der Waals surface area contributed by atoms with Crippen molar-refractivity contribution in [1.29, 1.82) is 0 Å². The molecular formula is C40H64O23. The molecule has 23 nitrogen and oxygen atoms in total. The molecule has 0 amide bonds. The monoisotopic (exact) mass is 912 g/mol. The van der Waals surface area contributed by atoms with E-state index in [9.17, 15) is 38.4 Å². The second-order valence-corrected chi connectivity index (χ2v) is 13.1.